The van der Waals surface area contributed by atoms with Gasteiger partial charge in [-0.15, -0.1) is 0 Å². The van der Waals surface area contributed by atoms with Gasteiger partial charge in [0.05, 0.1) is 0 Å². The summed E-state index contributed by atoms with van der Waals surface area (Å²) in [7, 11) is 0. The molecule has 0 radical (unpaired) electrons. The topological polar surface area (TPSA) is 35.2 Å². The van der Waals surface area contributed by atoms with Crippen LogP contribution in [0.2, 0.25) is 0 Å². The molecular weight excluding hydrogens is 230 g/mol. The van der Waals surface area contributed by atoms with Crippen LogP contribution >= 0.6 is 11.3 Å². The Bertz CT molecular complexity index is 477. The Morgan fingerprint density at radius 3 is 2.76 bits per heavy atom. The first kappa shape index (κ1) is 12.1. The second-order valence-electron chi connectivity index (χ2n) is 4.23. The Morgan fingerprint density at radius 2 is 2.18 bits per heavy atom. The van der Waals surface area contributed by atoms with Gasteiger partial charge in [-0.25, -0.2) is 0 Å². The molecule has 0 unspecified atom stereocenters. The largest absolute Gasteiger partial charge is 0.489 e. The maximum Gasteiger partial charge on any atom is 0.122 e. The Balaban J connectivity index is 2.06. The van der Waals surface area contributed by atoms with Crippen molar-refractivity contribution in [1.82, 2.24) is 0 Å². The normalized spacial score (nSPS) is 12.4. The summed E-state index contributed by atoms with van der Waals surface area (Å²) in [6, 6.07) is 8.27. The summed E-state index contributed by atoms with van der Waals surface area (Å²) in [5.41, 5.74) is 9.34. The molecule has 1 aromatic heterocycles. The highest BCUT2D eigenvalue weighted by molar-refractivity contribution is 7.07. The van der Waals surface area contributed by atoms with E-state index in [0.29, 0.717) is 6.61 Å². The van der Waals surface area contributed by atoms with Gasteiger partial charge in [-0.3, -0.25) is 0 Å². The third-order valence-corrected chi connectivity index (χ3v) is 3.43. The number of aryl methyl sites for hydroxylation is 1. The molecule has 2 aromatic rings. The molecule has 90 valence electrons. The van der Waals surface area contributed by atoms with E-state index >= 15 is 0 Å². The van der Waals surface area contributed by atoms with Gasteiger partial charge in [0.15, 0.2) is 0 Å². The third-order valence-electron chi connectivity index (χ3n) is 2.70. The second-order valence-corrected chi connectivity index (χ2v) is 5.01. The molecule has 2 N–H and O–H groups in total. The van der Waals surface area contributed by atoms with Crippen LogP contribution in [0.5, 0.6) is 5.75 Å². The van der Waals surface area contributed by atoms with Gasteiger partial charge in [-0.1, -0.05) is 12.1 Å². The van der Waals surface area contributed by atoms with E-state index in [0.717, 1.165) is 16.9 Å². The molecule has 1 atom stereocenters. The molecule has 17 heavy (non-hydrogen) atoms. The maximum absolute atomic E-state index is 5.84. The highest BCUT2D eigenvalue weighted by Crippen LogP contribution is 2.23. The first-order valence-corrected chi connectivity index (χ1v) is 6.61. The molecule has 0 saturated heterocycles. The predicted molar refractivity (Wildman–Crippen MR) is 72.4 cm³/mol. The first-order chi connectivity index (χ1) is 8.16. The molecule has 0 fully saturated rings. The van der Waals surface area contributed by atoms with E-state index in [4.69, 9.17) is 10.5 Å². The second kappa shape index (κ2) is 5.34. The summed E-state index contributed by atoms with van der Waals surface area (Å²) < 4.78 is 5.78. The van der Waals surface area contributed by atoms with E-state index in [1.165, 1.54) is 5.56 Å². The van der Waals surface area contributed by atoms with E-state index in [9.17, 15) is 0 Å². The van der Waals surface area contributed by atoms with Crippen molar-refractivity contribution < 1.29 is 4.74 Å². The van der Waals surface area contributed by atoms with Crippen LogP contribution in [0.4, 0.5) is 0 Å². The highest BCUT2D eigenvalue weighted by atomic mass is 32.1. The molecule has 2 nitrogen and oxygen atoms in total. The van der Waals surface area contributed by atoms with Crippen molar-refractivity contribution in [2.75, 3.05) is 0 Å². The minimum atomic E-state index is 0.0691. The van der Waals surface area contributed by atoms with Gasteiger partial charge in [-0.2, -0.15) is 11.3 Å². The fourth-order valence-corrected chi connectivity index (χ4v) is 2.31. The monoisotopic (exact) mass is 247 g/mol. The average molecular weight is 247 g/mol. The lowest BCUT2D eigenvalue weighted by Crippen LogP contribution is -2.05. The number of nitrogens with two attached hydrogens (primary N) is 1. The van der Waals surface area contributed by atoms with Crippen molar-refractivity contribution in [1.29, 1.82) is 0 Å². The lowest BCUT2D eigenvalue weighted by molar-refractivity contribution is 0.304. The van der Waals surface area contributed by atoms with Gasteiger partial charge in [-0.05, 0) is 53.4 Å². The van der Waals surface area contributed by atoms with Crippen molar-refractivity contribution in [2.24, 2.45) is 5.73 Å². The lowest BCUT2D eigenvalue weighted by Gasteiger charge is -2.11. The van der Waals surface area contributed by atoms with Crippen LogP contribution in [0.3, 0.4) is 0 Å². The lowest BCUT2D eigenvalue weighted by atomic mass is 10.1. The van der Waals surface area contributed by atoms with Crippen molar-refractivity contribution >= 4 is 11.3 Å². The zero-order valence-corrected chi connectivity index (χ0v) is 11.0. The molecule has 0 saturated carbocycles. The van der Waals surface area contributed by atoms with Crippen molar-refractivity contribution in [3.63, 3.8) is 0 Å². The minimum Gasteiger partial charge on any atom is -0.489 e. The van der Waals surface area contributed by atoms with E-state index in [2.05, 4.69) is 29.8 Å². The molecule has 0 spiro atoms. The summed E-state index contributed by atoms with van der Waals surface area (Å²) in [5.74, 6) is 0.931. The summed E-state index contributed by atoms with van der Waals surface area (Å²) in [6.45, 7) is 4.66. The van der Waals surface area contributed by atoms with Crippen LogP contribution in [0, 0.1) is 6.92 Å². The van der Waals surface area contributed by atoms with Crippen LogP contribution in [0.25, 0.3) is 0 Å². The van der Waals surface area contributed by atoms with Gasteiger partial charge in [0.2, 0.25) is 0 Å². The smallest absolute Gasteiger partial charge is 0.122 e. The quantitative estimate of drug-likeness (QED) is 0.895. The summed E-state index contributed by atoms with van der Waals surface area (Å²) in [4.78, 5) is 0. The van der Waals surface area contributed by atoms with E-state index in [-0.39, 0.29) is 6.04 Å². The van der Waals surface area contributed by atoms with Crippen LogP contribution in [-0.4, -0.2) is 0 Å². The Hall–Kier alpha value is -1.32. The minimum absolute atomic E-state index is 0.0691. The maximum atomic E-state index is 5.84. The number of benzene rings is 1. The Kier molecular flexibility index (Phi) is 3.82. The highest BCUT2D eigenvalue weighted by Gasteiger charge is 2.04. The van der Waals surface area contributed by atoms with Crippen molar-refractivity contribution in [3.8, 4) is 5.75 Å². The fraction of sp³-hybridized carbons (Fsp3) is 0.286. The third kappa shape index (κ3) is 3.08. The molecule has 0 bridgehead atoms. The molecule has 1 heterocycles. The van der Waals surface area contributed by atoms with Gasteiger partial charge in [0.25, 0.3) is 0 Å². The van der Waals surface area contributed by atoms with Gasteiger partial charge in [0, 0.05) is 6.04 Å². The van der Waals surface area contributed by atoms with Gasteiger partial charge < -0.3 is 10.5 Å². The molecule has 0 aliphatic rings. The van der Waals surface area contributed by atoms with Crippen LogP contribution in [0.1, 0.15) is 29.7 Å². The van der Waals surface area contributed by atoms with E-state index in [1.807, 2.05) is 19.1 Å². The summed E-state index contributed by atoms with van der Waals surface area (Å²) in [6.07, 6.45) is 0. The number of hydrogen-bond acceptors (Lipinski definition) is 3. The SMILES string of the molecule is Cc1cc([C@@H](C)N)ccc1OCc1ccsc1. The number of rotatable bonds is 4. The molecule has 0 aliphatic carbocycles. The zero-order chi connectivity index (χ0) is 12.3. The van der Waals surface area contributed by atoms with Gasteiger partial charge >= 0.3 is 0 Å². The van der Waals surface area contributed by atoms with E-state index in [1.54, 1.807) is 11.3 Å². The van der Waals surface area contributed by atoms with Gasteiger partial charge in [0.1, 0.15) is 12.4 Å². The number of thiophene rings is 1. The molecule has 3 heteroatoms. The molecule has 1 aromatic carbocycles. The van der Waals surface area contributed by atoms with Crippen LogP contribution < -0.4 is 10.5 Å². The van der Waals surface area contributed by atoms with Crippen molar-refractivity contribution in [2.45, 2.75) is 26.5 Å². The van der Waals surface area contributed by atoms with E-state index < -0.39 is 0 Å². The molecule has 0 amide bonds. The fourth-order valence-electron chi connectivity index (χ4n) is 1.65. The van der Waals surface area contributed by atoms with Crippen molar-refractivity contribution in [3.05, 3.63) is 51.7 Å². The molecular formula is C14H17NOS. The Labute approximate surface area is 106 Å². The zero-order valence-electron chi connectivity index (χ0n) is 10.1. The number of ether oxygens (including phenoxy) is 1. The average Bonchev–Trinajstić information content (AvgIpc) is 2.80. The first-order valence-electron chi connectivity index (χ1n) is 5.67. The molecule has 0 aliphatic heterocycles. The molecule has 2 rings (SSSR count). The number of hydrogen-bond donors (Lipinski definition) is 1. The summed E-state index contributed by atoms with van der Waals surface area (Å²) in [5, 5.41) is 4.16. The summed E-state index contributed by atoms with van der Waals surface area (Å²) >= 11 is 1.69. The predicted octanol–water partition coefficient (Wildman–Crippen LogP) is 3.66. The standard InChI is InChI=1S/C14H17NOS/c1-10-7-13(11(2)15)3-4-14(10)16-8-12-5-6-17-9-12/h3-7,9,11H,8,15H2,1-2H3/t11-/m1/s1. The Morgan fingerprint density at radius 1 is 1.35 bits per heavy atom. The van der Waals surface area contributed by atoms with Crippen LogP contribution in [0.15, 0.2) is 35.0 Å². The van der Waals surface area contributed by atoms with Crippen LogP contribution in [-0.2, 0) is 6.61 Å².